The van der Waals surface area contributed by atoms with Crippen LogP contribution >= 0.6 is 15.9 Å². The summed E-state index contributed by atoms with van der Waals surface area (Å²) in [5.41, 5.74) is 0.484. The molecule has 0 amide bonds. The van der Waals surface area contributed by atoms with Gasteiger partial charge >= 0.3 is 0 Å². The van der Waals surface area contributed by atoms with Crippen molar-refractivity contribution < 1.29 is 9.13 Å². The third kappa shape index (κ3) is 3.41. The van der Waals surface area contributed by atoms with Crippen molar-refractivity contribution in [3.8, 4) is 5.88 Å². The monoisotopic (exact) mass is 325 g/mol. The molecule has 0 saturated heterocycles. The fraction of sp³-hybridized carbons (Fsp3) is 0.231. The number of hydrogen-bond acceptors (Lipinski definition) is 4. The van der Waals surface area contributed by atoms with Crippen molar-refractivity contribution in [2.75, 3.05) is 11.9 Å². The Balaban J connectivity index is 2.12. The lowest BCUT2D eigenvalue weighted by molar-refractivity contribution is 0.285. The molecule has 4 nitrogen and oxygen atoms in total. The zero-order chi connectivity index (χ0) is 13.7. The third-order valence-corrected chi connectivity index (χ3v) is 3.14. The average Bonchev–Trinajstić information content (AvgIpc) is 2.42. The molecule has 2 rings (SSSR count). The molecule has 0 saturated carbocycles. The van der Waals surface area contributed by atoms with Crippen LogP contribution in [0.25, 0.3) is 0 Å². The molecule has 1 aromatic heterocycles. The van der Waals surface area contributed by atoms with Crippen molar-refractivity contribution in [2.45, 2.75) is 13.5 Å². The molecule has 0 bridgehead atoms. The van der Waals surface area contributed by atoms with Crippen LogP contribution in [0, 0.1) is 5.82 Å². The number of rotatable bonds is 5. The lowest BCUT2D eigenvalue weighted by Gasteiger charge is -2.10. The number of halogens is 2. The van der Waals surface area contributed by atoms with Crippen LogP contribution in [0.5, 0.6) is 5.88 Å². The van der Waals surface area contributed by atoms with E-state index in [1.54, 1.807) is 18.2 Å². The first-order chi connectivity index (χ1) is 9.22. The number of nitrogens with zero attached hydrogens (tertiary/aromatic N) is 2. The van der Waals surface area contributed by atoms with E-state index in [0.717, 1.165) is 6.54 Å². The molecule has 0 radical (unpaired) electrons. The van der Waals surface area contributed by atoms with E-state index < -0.39 is 0 Å². The van der Waals surface area contributed by atoms with E-state index in [-0.39, 0.29) is 12.4 Å². The summed E-state index contributed by atoms with van der Waals surface area (Å²) < 4.78 is 19.6. The molecule has 0 atom stereocenters. The minimum atomic E-state index is -0.292. The van der Waals surface area contributed by atoms with Crippen LogP contribution in [0.3, 0.4) is 0 Å². The number of benzene rings is 1. The maximum Gasteiger partial charge on any atom is 0.233 e. The van der Waals surface area contributed by atoms with Crippen LogP contribution in [0.4, 0.5) is 10.2 Å². The molecule has 1 N–H and O–H groups in total. The topological polar surface area (TPSA) is 47.0 Å². The van der Waals surface area contributed by atoms with E-state index in [4.69, 9.17) is 4.74 Å². The van der Waals surface area contributed by atoms with Gasteiger partial charge in [-0.3, -0.25) is 0 Å². The number of ether oxygens (including phenoxy) is 1. The molecule has 0 aliphatic rings. The van der Waals surface area contributed by atoms with Gasteiger partial charge in [-0.15, -0.1) is 0 Å². The van der Waals surface area contributed by atoms with Gasteiger partial charge in [-0.05, 0) is 28.9 Å². The Kier molecular flexibility index (Phi) is 4.68. The lowest BCUT2D eigenvalue weighted by atomic mass is 10.2. The number of anilines is 1. The Labute approximate surface area is 119 Å². The Morgan fingerprint density at radius 2 is 2.11 bits per heavy atom. The molecule has 0 spiro atoms. The molecule has 19 heavy (non-hydrogen) atoms. The Morgan fingerprint density at radius 1 is 1.32 bits per heavy atom. The second kappa shape index (κ2) is 6.47. The zero-order valence-electron chi connectivity index (χ0n) is 10.4. The zero-order valence-corrected chi connectivity index (χ0v) is 11.9. The Hall–Kier alpha value is -1.69. The molecule has 6 heteroatoms. The number of nitrogens with one attached hydrogen (secondary N) is 1. The highest BCUT2D eigenvalue weighted by Crippen LogP contribution is 2.28. The van der Waals surface area contributed by atoms with Crippen molar-refractivity contribution in [3.05, 3.63) is 46.4 Å². The smallest absolute Gasteiger partial charge is 0.233 e. The van der Waals surface area contributed by atoms with Crippen LogP contribution in [0.1, 0.15) is 12.5 Å². The molecule has 0 fully saturated rings. The van der Waals surface area contributed by atoms with Crippen LogP contribution in [0.15, 0.2) is 35.1 Å². The van der Waals surface area contributed by atoms with E-state index in [1.807, 2.05) is 6.92 Å². The normalized spacial score (nSPS) is 10.3. The van der Waals surface area contributed by atoms with Gasteiger partial charge in [0.2, 0.25) is 5.88 Å². The summed E-state index contributed by atoms with van der Waals surface area (Å²) in [6.45, 7) is 2.82. The Bertz CT molecular complexity index is 565. The molecular weight excluding hydrogens is 313 g/mol. The highest BCUT2D eigenvalue weighted by molar-refractivity contribution is 9.10. The predicted molar refractivity (Wildman–Crippen MR) is 74.6 cm³/mol. The van der Waals surface area contributed by atoms with Gasteiger partial charge in [0.1, 0.15) is 29.0 Å². The second-order valence-corrected chi connectivity index (χ2v) is 4.54. The van der Waals surface area contributed by atoms with Gasteiger partial charge in [-0.25, -0.2) is 14.4 Å². The minimum Gasteiger partial charge on any atom is -0.472 e. The molecule has 1 heterocycles. The summed E-state index contributed by atoms with van der Waals surface area (Å²) in [5, 5.41) is 3.07. The van der Waals surface area contributed by atoms with Crippen LogP contribution in [-0.2, 0) is 6.61 Å². The fourth-order valence-electron chi connectivity index (χ4n) is 1.51. The van der Waals surface area contributed by atoms with Crippen molar-refractivity contribution in [1.82, 2.24) is 9.97 Å². The third-order valence-electron chi connectivity index (χ3n) is 2.42. The maximum atomic E-state index is 13.5. The quantitative estimate of drug-likeness (QED) is 0.915. The fourth-order valence-corrected chi connectivity index (χ4v) is 1.97. The first-order valence-electron chi connectivity index (χ1n) is 5.83. The average molecular weight is 326 g/mol. The van der Waals surface area contributed by atoms with E-state index in [2.05, 4.69) is 31.2 Å². The molecule has 2 aromatic rings. The maximum absolute atomic E-state index is 13.5. The van der Waals surface area contributed by atoms with E-state index >= 15 is 0 Å². The summed E-state index contributed by atoms with van der Waals surface area (Å²) in [6, 6.07) is 6.48. The molecule has 100 valence electrons. The standard InChI is InChI=1S/C13H13BrFN3O/c1-2-16-12-11(14)13(18-8-17-12)19-7-9-5-3-4-6-10(9)15/h3-6,8H,2,7H2,1H3,(H,16,17,18). The SMILES string of the molecule is CCNc1ncnc(OCc2ccccc2F)c1Br. The molecule has 0 unspecified atom stereocenters. The summed E-state index contributed by atoms with van der Waals surface area (Å²) in [6.07, 6.45) is 1.40. The van der Waals surface area contributed by atoms with E-state index in [0.29, 0.717) is 21.7 Å². The van der Waals surface area contributed by atoms with Gasteiger partial charge < -0.3 is 10.1 Å². The van der Waals surface area contributed by atoms with Crippen LogP contribution in [0.2, 0.25) is 0 Å². The largest absolute Gasteiger partial charge is 0.472 e. The van der Waals surface area contributed by atoms with Gasteiger partial charge in [0, 0.05) is 12.1 Å². The van der Waals surface area contributed by atoms with Gasteiger partial charge in [0.05, 0.1) is 0 Å². The lowest BCUT2D eigenvalue weighted by Crippen LogP contribution is -2.04. The molecule has 0 aliphatic heterocycles. The van der Waals surface area contributed by atoms with Crippen molar-refractivity contribution in [2.24, 2.45) is 0 Å². The Morgan fingerprint density at radius 3 is 2.84 bits per heavy atom. The molecule has 0 aliphatic carbocycles. The van der Waals surface area contributed by atoms with Crippen LogP contribution in [-0.4, -0.2) is 16.5 Å². The van der Waals surface area contributed by atoms with Crippen molar-refractivity contribution >= 4 is 21.7 Å². The summed E-state index contributed by atoms with van der Waals surface area (Å²) >= 11 is 3.37. The number of hydrogen-bond donors (Lipinski definition) is 1. The minimum absolute atomic E-state index is 0.119. The van der Waals surface area contributed by atoms with E-state index in [9.17, 15) is 4.39 Å². The van der Waals surface area contributed by atoms with Crippen LogP contribution < -0.4 is 10.1 Å². The van der Waals surface area contributed by atoms with Gasteiger partial charge in [-0.2, -0.15) is 0 Å². The van der Waals surface area contributed by atoms with Gasteiger partial charge in [0.25, 0.3) is 0 Å². The molecular formula is C13H13BrFN3O. The summed E-state index contributed by atoms with van der Waals surface area (Å²) in [4.78, 5) is 8.10. The first kappa shape index (κ1) is 13.7. The van der Waals surface area contributed by atoms with Crippen molar-refractivity contribution in [1.29, 1.82) is 0 Å². The van der Waals surface area contributed by atoms with Crippen molar-refractivity contribution in [3.63, 3.8) is 0 Å². The first-order valence-corrected chi connectivity index (χ1v) is 6.62. The molecule has 1 aromatic carbocycles. The van der Waals surface area contributed by atoms with E-state index in [1.165, 1.54) is 12.4 Å². The predicted octanol–water partition coefficient (Wildman–Crippen LogP) is 3.39. The van der Waals surface area contributed by atoms with Gasteiger partial charge in [-0.1, -0.05) is 18.2 Å². The summed E-state index contributed by atoms with van der Waals surface area (Å²) in [5.74, 6) is 0.745. The summed E-state index contributed by atoms with van der Waals surface area (Å²) in [7, 11) is 0. The number of aromatic nitrogens is 2. The highest BCUT2D eigenvalue weighted by Gasteiger charge is 2.10. The highest BCUT2D eigenvalue weighted by atomic mass is 79.9. The second-order valence-electron chi connectivity index (χ2n) is 3.75. The van der Waals surface area contributed by atoms with Gasteiger partial charge in [0.15, 0.2) is 0 Å².